The number of aliphatic hydroxyl groups is 1. The summed E-state index contributed by atoms with van der Waals surface area (Å²) in [6, 6.07) is 8.44. The highest BCUT2D eigenvalue weighted by molar-refractivity contribution is 7.89. The Bertz CT molecular complexity index is 604. The van der Waals surface area contributed by atoms with Crippen LogP contribution in [0.2, 0.25) is 0 Å². The lowest BCUT2D eigenvalue weighted by Crippen LogP contribution is -2.44. The number of benzene rings is 1. The summed E-state index contributed by atoms with van der Waals surface area (Å²) < 4.78 is 26.4. The minimum Gasteiger partial charge on any atom is -0.393 e. The summed E-state index contributed by atoms with van der Waals surface area (Å²) >= 11 is 0. The van der Waals surface area contributed by atoms with Gasteiger partial charge in [-0.15, -0.1) is 0 Å². The molecule has 1 saturated heterocycles. The molecule has 0 radical (unpaired) electrons. The molecule has 0 aromatic heterocycles. The Morgan fingerprint density at radius 3 is 2.60 bits per heavy atom. The Hall–Kier alpha value is -1.42. The topological polar surface area (TPSA) is 81.4 Å². The second-order valence-corrected chi connectivity index (χ2v) is 7.11. The fraction of sp³-hybridized carbons (Fsp3) is 0.500. The third-order valence-corrected chi connectivity index (χ3v) is 5.55. The van der Waals surface area contributed by atoms with Crippen LogP contribution in [0.3, 0.4) is 0 Å². The zero-order valence-electron chi connectivity index (χ0n) is 11.4. The Morgan fingerprint density at radius 1 is 1.40 bits per heavy atom. The van der Waals surface area contributed by atoms with E-state index in [0.717, 1.165) is 5.56 Å². The molecular weight excluding hydrogens is 276 g/mol. The van der Waals surface area contributed by atoms with Gasteiger partial charge in [-0.3, -0.25) is 0 Å². The van der Waals surface area contributed by atoms with Gasteiger partial charge in [-0.1, -0.05) is 19.1 Å². The van der Waals surface area contributed by atoms with E-state index in [1.54, 1.807) is 12.1 Å². The van der Waals surface area contributed by atoms with Gasteiger partial charge in [-0.25, -0.2) is 8.42 Å². The molecule has 2 unspecified atom stereocenters. The molecule has 1 heterocycles. The minimum absolute atomic E-state index is 0.0589. The molecule has 5 nitrogen and oxygen atoms in total. The molecule has 1 aromatic carbocycles. The number of hydrogen-bond acceptors (Lipinski definition) is 4. The molecule has 0 spiro atoms. The highest BCUT2D eigenvalue weighted by atomic mass is 32.2. The Balaban J connectivity index is 2.20. The maximum absolute atomic E-state index is 12.5. The van der Waals surface area contributed by atoms with Crippen LogP contribution in [0.5, 0.6) is 0 Å². The number of nitrogens with zero attached hydrogens (tertiary/aromatic N) is 2. The van der Waals surface area contributed by atoms with Gasteiger partial charge in [0.2, 0.25) is 10.0 Å². The molecule has 0 bridgehead atoms. The number of aliphatic hydroxyl groups excluding tert-OH is 1. The van der Waals surface area contributed by atoms with Crippen LogP contribution in [-0.4, -0.2) is 37.0 Å². The first-order valence-electron chi connectivity index (χ1n) is 6.59. The minimum atomic E-state index is -3.51. The van der Waals surface area contributed by atoms with Gasteiger partial charge in [0.05, 0.1) is 23.5 Å². The summed E-state index contributed by atoms with van der Waals surface area (Å²) in [5.41, 5.74) is 0.800. The van der Waals surface area contributed by atoms with Gasteiger partial charge in [0.15, 0.2) is 0 Å². The van der Waals surface area contributed by atoms with Gasteiger partial charge in [-0.05, 0) is 30.0 Å². The number of piperidine rings is 1. The normalized spacial score (nSPS) is 24.2. The van der Waals surface area contributed by atoms with Crippen LogP contribution in [0.25, 0.3) is 0 Å². The van der Waals surface area contributed by atoms with E-state index in [-0.39, 0.29) is 17.2 Å². The lowest BCUT2D eigenvalue weighted by atomic mass is 9.99. The van der Waals surface area contributed by atoms with Gasteiger partial charge in [-0.2, -0.15) is 9.57 Å². The summed E-state index contributed by atoms with van der Waals surface area (Å²) in [6.45, 7) is 2.53. The van der Waals surface area contributed by atoms with Crippen LogP contribution < -0.4 is 0 Å². The molecule has 1 aliphatic heterocycles. The van der Waals surface area contributed by atoms with E-state index in [0.29, 0.717) is 19.5 Å². The fourth-order valence-electron chi connectivity index (χ4n) is 2.33. The highest BCUT2D eigenvalue weighted by Crippen LogP contribution is 2.24. The van der Waals surface area contributed by atoms with Crippen LogP contribution in [0.4, 0.5) is 0 Å². The van der Waals surface area contributed by atoms with Crippen LogP contribution in [-0.2, 0) is 16.4 Å². The molecule has 2 atom stereocenters. The van der Waals surface area contributed by atoms with E-state index in [2.05, 4.69) is 0 Å². The molecule has 1 aromatic rings. The number of nitriles is 1. The molecule has 0 saturated carbocycles. The first kappa shape index (κ1) is 15.0. The Labute approximate surface area is 119 Å². The molecule has 1 aliphatic rings. The maximum Gasteiger partial charge on any atom is 0.243 e. The zero-order valence-corrected chi connectivity index (χ0v) is 12.2. The quantitative estimate of drug-likeness (QED) is 0.906. The third kappa shape index (κ3) is 3.01. The highest BCUT2D eigenvalue weighted by Gasteiger charge is 2.32. The second-order valence-electron chi connectivity index (χ2n) is 5.18. The summed E-state index contributed by atoms with van der Waals surface area (Å²) in [6.07, 6.45) is 0.305. The van der Waals surface area contributed by atoms with Crippen molar-refractivity contribution < 1.29 is 13.5 Å². The molecule has 6 heteroatoms. The smallest absolute Gasteiger partial charge is 0.243 e. The van der Waals surface area contributed by atoms with Crippen LogP contribution >= 0.6 is 0 Å². The van der Waals surface area contributed by atoms with E-state index in [9.17, 15) is 13.5 Å². The van der Waals surface area contributed by atoms with Crippen LogP contribution in [0.15, 0.2) is 29.2 Å². The van der Waals surface area contributed by atoms with Crippen LogP contribution in [0.1, 0.15) is 18.9 Å². The summed E-state index contributed by atoms with van der Waals surface area (Å²) in [4.78, 5) is 0.239. The number of sulfonamides is 1. The first-order valence-corrected chi connectivity index (χ1v) is 8.03. The van der Waals surface area contributed by atoms with Crippen LogP contribution in [0, 0.1) is 17.2 Å². The first-order chi connectivity index (χ1) is 9.45. The second kappa shape index (κ2) is 5.92. The lowest BCUT2D eigenvalue weighted by Gasteiger charge is -2.33. The van der Waals surface area contributed by atoms with Gasteiger partial charge in [0.25, 0.3) is 0 Å². The average molecular weight is 294 g/mol. The van der Waals surface area contributed by atoms with Crippen molar-refractivity contribution in [1.29, 1.82) is 5.26 Å². The molecule has 2 rings (SSSR count). The van der Waals surface area contributed by atoms with Crippen molar-refractivity contribution in [3.63, 3.8) is 0 Å². The summed E-state index contributed by atoms with van der Waals surface area (Å²) in [5, 5.41) is 18.3. The van der Waals surface area contributed by atoms with Crippen molar-refractivity contribution in [2.75, 3.05) is 13.1 Å². The summed E-state index contributed by atoms with van der Waals surface area (Å²) in [5.74, 6) is -0.0589. The summed E-state index contributed by atoms with van der Waals surface area (Å²) in [7, 11) is -3.51. The largest absolute Gasteiger partial charge is 0.393 e. The molecule has 0 amide bonds. The lowest BCUT2D eigenvalue weighted by molar-refractivity contribution is 0.0628. The molecule has 1 N–H and O–H groups in total. The van der Waals surface area contributed by atoms with E-state index < -0.39 is 16.1 Å². The predicted molar refractivity (Wildman–Crippen MR) is 74.3 cm³/mol. The molecule has 108 valence electrons. The monoisotopic (exact) mass is 294 g/mol. The van der Waals surface area contributed by atoms with Crippen molar-refractivity contribution in [3.8, 4) is 6.07 Å². The van der Waals surface area contributed by atoms with E-state index in [1.165, 1.54) is 16.4 Å². The zero-order chi connectivity index (χ0) is 14.8. The van der Waals surface area contributed by atoms with E-state index >= 15 is 0 Å². The van der Waals surface area contributed by atoms with Crippen molar-refractivity contribution >= 4 is 10.0 Å². The Kier molecular flexibility index (Phi) is 4.43. The number of rotatable bonds is 3. The van der Waals surface area contributed by atoms with Gasteiger partial charge in [0.1, 0.15) is 0 Å². The maximum atomic E-state index is 12.5. The Morgan fingerprint density at radius 2 is 2.05 bits per heavy atom. The predicted octanol–water partition coefficient (Wildman–Crippen LogP) is 1.14. The third-order valence-electron chi connectivity index (χ3n) is 3.67. The molecule has 1 fully saturated rings. The van der Waals surface area contributed by atoms with Crippen molar-refractivity contribution in [3.05, 3.63) is 29.8 Å². The van der Waals surface area contributed by atoms with Crippen molar-refractivity contribution in [1.82, 2.24) is 4.31 Å². The molecular formula is C14H18N2O3S. The number of hydrogen-bond donors (Lipinski definition) is 1. The SMILES string of the molecule is CC1CN(S(=O)(=O)c2ccc(CC#N)cc2)CCC1O. The van der Waals surface area contributed by atoms with Crippen molar-refractivity contribution in [2.24, 2.45) is 5.92 Å². The van der Waals surface area contributed by atoms with Gasteiger partial charge in [0, 0.05) is 13.1 Å². The van der Waals surface area contributed by atoms with Gasteiger partial charge < -0.3 is 5.11 Å². The average Bonchev–Trinajstić information content (AvgIpc) is 2.43. The van der Waals surface area contributed by atoms with E-state index in [1.807, 2.05) is 13.0 Å². The standard InChI is InChI=1S/C14H18N2O3S/c1-11-10-16(9-7-14(11)17)20(18,19)13-4-2-12(3-5-13)6-8-15/h2-5,11,14,17H,6-7,9-10H2,1H3. The van der Waals surface area contributed by atoms with Crippen molar-refractivity contribution in [2.45, 2.75) is 30.8 Å². The molecule has 20 heavy (non-hydrogen) atoms. The fourth-order valence-corrected chi connectivity index (χ4v) is 3.89. The van der Waals surface area contributed by atoms with Gasteiger partial charge >= 0.3 is 0 Å². The van der Waals surface area contributed by atoms with E-state index in [4.69, 9.17) is 5.26 Å². The molecule has 0 aliphatic carbocycles.